The van der Waals surface area contributed by atoms with Gasteiger partial charge in [-0.25, -0.2) is 0 Å². The van der Waals surface area contributed by atoms with E-state index in [0.29, 0.717) is 5.75 Å². The lowest BCUT2D eigenvalue weighted by Gasteiger charge is -2.08. The quantitative estimate of drug-likeness (QED) is 0.463. The molecule has 0 aromatic heterocycles. The van der Waals surface area contributed by atoms with E-state index < -0.39 is 18.0 Å². The Morgan fingerprint density at radius 3 is 2.17 bits per heavy atom. The number of ether oxygens (including phenoxy) is 2. The van der Waals surface area contributed by atoms with Gasteiger partial charge in [-0.3, -0.25) is 9.59 Å². The molecule has 0 heterocycles. The first-order valence-corrected chi connectivity index (χ1v) is 7.60. The van der Waals surface area contributed by atoms with Crippen molar-refractivity contribution in [3.8, 4) is 29.2 Å². The highest BCUT2D eigenvalue weighted by atomic mass is 16.5. The number of carbonyl (C=O) groups is 2. The Labute approximate surface area is 141 Å². The normalized spacial score (nSPS) is 11.2. The molecule has 0 saturated heterocycles. The molecule has 1 unspecified atom stereocenters. The van der Waals surface area contributed by atoms with E-state index in [1.807, 2.05) is 42.5 Å². The predicted octanol–water partition coefficient (Wildman–Crippen LogP) is 3.60. The number of terminal acetylenes is 1. The van der Waals surface area contributed by atoms with Crippen molar-refractivity contribution in [1.29, 1.82) is 0 Å². The molecule has 0 fully saturated rings. The van der Waals surface area contributed by atoms with Crippen molar-refractivity contribution in [2.75, 3.05) is 0 Å². The lowest BCUT2D eigenvalue weighted by Crippen LogP contribution is -2.16. The van der Waals surface area contributed by atoms with Crippen molar-refractivity contribution >= 4 is 11.9 Å². The molecule has 2 aromatic carbocycles. The Bertz CT molecular complexity index is 726. The zero-order valence-electron chi connectivity index (χ0n) is 13.4. The molecular weight excluding hydrogens is 304 g/mol. The third-order valence-electron chi connectivity index (χ3n) is 3.27. The van der Waals surface area contributed by atoms with Crippen LogP contribution in [0.4, 0.5) is 0 Å². The molecule has 122 valence electrons. The third-order valence-corrected chi connectivity index (χ3v) is 3.27. The topological polar surface area (TPSA) is 52.6 Å². The summed E-state index contributed by atoms with van der Waals surface area (Å²) in [6.45, 7) is 1.59. The van der Waals surface area contributed by atoms with Crippen molar-refractivity contribution in [2.24, 2.45) is 0 Å². The summed E-state index contributed by atoms with van der Waals surface area (Å²) in [5.41, 5.74) is 2.11. The number of benzene rings is 2. The van der Waals surface area contributed by atoms with E-state index in [2.05, 4.69) is 5.92 Å². The van der Waals surface area contributed by atoms with Gasteiger partial charge in [0.25, 0.3) is 0 Å². The Morgan fingerprint density at radius 1 is 0.958 bits per heavy atom. The fraction of sp³-hybridized carbons (Fsp3) is 0.200. The molecule has 4 heteroatoms. The largest absolute Gasteiger partial charge is 0.449 e. The Morgan fingerprint density at radius 2 is 1.54 bits per heavy atom. The van der Waals surface area contributed by atoms with E-state index in [4.69, 9.17) is 15.9 Å². The summed E-state index contributed by atoms with van der Waals surface area (Å²) in [5, 5.41) is 0. The maximum absolute atomic E-state index is 11.8. The van der Waals surface area contributed by atoms with Crippen molar-refractivity contribution in [3.63, 3.8) is 0 Å². The predicted molar refractivity (Wildman–Crippen MR) is 91.1 cm³/mol. The molecule has 0 bridgehead atoms. The lowest BCUT2D eigenvalue weighted by atomic mass is 10.1. The minimum absolute atomic E-state index is 0.0590. The second-order valence-corrected chi connectivity index (χ2v) is 5.16. The SMILES string of the molecule is C#CC(C)OC(=O)CCC(=O)Oc1ccc(-c2ccccc2)cc1. The average Bonchev–Trinajstić information content (AvgIpc) is 2.61. The summed E-state index contributed by atoms with van der Waals surface area (Å²) in [7, 11) is 0. The van der Waals surface area contributed by atoms with Crippen LogP contribution in [0.25, 0.3) is 11.1 Å². The van der Waals surface area contributed by atoms with Crippen LogP contribution in [0.1, 0.15) is 19.8 Å². The third kappa shape index (κ3) is 5.29. The number of carbonyl (C=O) groups excluding carboxylic acids is 2. The molecule has 0 amide bonds. The number of hydrogen-bond donors (Lipinski definition) is 0. The summed E-state index contributed by atoms with van der Waals surface area (Å²) in [5.74, 6) is 1.71. The van der Waals surface area contributed by atoms with Gasteiger partial charge in [0.1, 0.15) is 5.75 Å². The first kappa shape index (κ1) is 17.3. The smallest absolute Gasteiger partial charge is 0.311 e. The summed E-state index contributed by atoms with van der Waals surface area (Å²) in [6.07, 6.45) is 4.39. The monoisotopic (exact) mass is 322 g/mol. The number of hydrogen-bond acceptors (Lipinski definition) is 4. The standard InChI is InChI=1S/C20H18O4/c1-3-15(2)23-19(21)13-14-20(22)24-18-11-9-17(10-12-18)16-7-5-4-6-8-16/h1,4-12,15H,13-14H2,2H3. The molecule has 0 radical (unpaired) electrons. The maximum Gasteiger partial charge on any atom is 0.311 e. The van der Waals surface area contributed by atoms with Gasteiger partial charge in [0.2, 0.25) is 0 Å². The molecule has 24 heavy (non-hydrogen) atoms. The average molecular weight is 322 g/mol. The van der Waals surface area contributed by atoms with Gasteiger partial charge in [0.05, 0.1) is 12.8 Å². The van der Waals surface area contributed by atoms with Gasteiger partial charge in [-0.05, 0) is 30.2 Å². The van der Waals surface area contributed by atoms with E-state index in [0.717, 1.165) is 11.1 Å². The fourth-order valence-corrected chi connectivity index (χ4v) is 2.02. The van der Waals surface area contributed by atoms with E-state index in [-0.39, 0.29) is 12.8 Å². The first-order valence-electron chi connectivity index (χ1n) is 7.60. The molecule has 0 N–H and O–H groups in total. The molecular formula is C20H18O4. The number of esters is 2. The van der Waals surface area contributed by atoms with Crippen LogP contribution in [0.3, 0.4) is 0 Å². The van der Waals surface area contributed by atoms with Crippen molar-refractivity contribution in [1.82, 2.24) is 0 Å². The Balaban J connectivity index is 1.84. The van der Waals surface area contributed by atoms with Gasteiger partial charge in [0, 0.05) is 0 Å². The second kappa shape index (κ2) is 8.54. The van der Waals surface area contributed by atoms with Gasteiger partial charge >= 0.3 is 11.9 Å². The van der Waals surface area contributed by atoms with Crippen LogP contribution < -0.4 is 4.74 Å². The molecule has 0 spiro atoms. The van der Waals surface area contributed by atoms with Gasteiger partial charge < -0.3 is 9.47 Å². The van der Waals surface area contributed by atoms with Gasteiger partial charge in [-0.15, -0.1) is 6.42 Å². The van der Waals surface area contributed by atoms with Gasteiger partial charge in [-0.1, -0.05) is 48.4 Å². The van der Waals surface area contributed by atoms with E-state index in [1.165, 1.54) is 0 Å². The first-order chi connectivity index (χ1) is 11.6. The minimum atomic E-state index is -0.598. The van der Waals surface area contributed by atoms with Crippen LogP contribution in [-0.4, -0.2) is 18.0 Å². The molecule has 2 rings (SSSR count). The lowest BCUT2D eigenvalue weighted by molar-refractivity contribution is -0.148. The second-order valence-electron chi connectivity index (χ2n) is 5.16. The minimum Gasteiger partial charge on any atom is -0.449 e. The maximum atomic E-state index is 11.8. The number of rotatable bonds is 6. The molecule has 0 aliphatic carbocycles. The zero-order valence-corrected chi connectivity index (χ0v) is 13.4. The Kier molecular flexibility index (Phi) is 6.16. The summed E-state index contributed by atoms with van der Waals surface area (Å²) in [6, 6.07) is 17.1. The molecule has 0 aliphatic rings. The fourth-order valence-electron chi connectivity index (χ4n) is 2.02. The molecule has 4 nitrogen and oxygen atoms in total. The van der Waals surface area contributed by atoms with Crippen molar-refractivity contribution in [3.05, 3.63) is 54.6 Å². The molecule has 2 aromatic rings. The van der Waals surface area contributed by atoms with Crippen LogP contribution in [0, 0.1) is 12.3 Å². The molecule has 0 saturated carbocycles. The van der Waals surface area contributed by atoms with Crippen molar-refractivity contribution in [2.45, 2.75) is 25.9 Å². The van der Waals surface area contributed by atoms with Crippen LogP contribution in [0.5, 0.6) is 5.75 Å². The summed E-state index contributed by atoms with van der Waals surface area (Å²) in [4.78, 5) is 23.2. The summed E-state index contributed by atoms with van der Waals surface area (Å²) < 4.78 is 10.1. The Hall–Kier alpha value is -3.06. The van der Waals surface area contributed by atoms with Crippen LogP contribution >= 0.6 is 0 Å². The van der Waals surface area contributed by atoms with Crippen molar-refractivity contribution < 1.29 is 19.1 Å². The highest BCUT2D eigenvalue weighted by molar-refractivity contribution is 5.79. The van der Waals surface area contributed by atoms with Crippen LogP contribution in [0.2, 0.25) is 0 Å². The van der Waals surface area contributed by atoms with Gasteiger partial charge in [-0.2, -0.15) is 0 Å². The molecule has 0 aliphatic heterocycles. The zero-order chi connectivity index (χ0) is 17.4. The summed E-state index contributed by atoms with van der Waals surface area (Å²) >= 11 is 0. The molecule has 1 atom stereocenters. The van der Waals surface area contributed by atoms with E-state index in [9.17, 15) is 9.59 Å². The van der Waals surface area contributed by atoms with Gasteiger partial charge in [0.15, 0.2) is 6.10 Å². The van der Waals surface area contributed by atoms with Crippen LogP contribution in [-0.2, 0) is 14.3 Å². The highest BCUT2D eigenvalue weighted by Gasteiger charge is 2.12. The van der Waals surface area contributed by atoms with Crippen LogP contribution in [0.15, 0.2) is 54.6 Å². The van der Waals surface area contributed by atoms with E-state index in [1.54, 1.807) is 19.1 Å². The highest BCUT2D eigenvalue weighted by Crippen LogP contribution is 2.22. The van der Waals surface area contributed by atoms with E-state index >= 15 is 0 Å².